The summed E-state index contributed by atoms with van der Waals surface area (Å²) in [6.45, 7) is 5.59. The lowest BCUT2D eigenvalue weighted by Crippen LogP contribution is -1.98. The molecule has 0 aliphatic heterocycles. The van der Waals surface area contributed by atoms with Gasteiger partial charge in [-0.05, 0) is 17.4 Å². The van der Waals surface area contributed by atoms with Gasteiger partial charge in [0.2, 0.25) is 5.89 Å². The Labute approximate surface area is 161 Å². The van der Waals surface area contributed by atoms with Crippen LogP contribution in [0.15, 0.2) is 65.7 Å². The number of nitrogens with zero attached hydrogens (tertiary/aromatic N) is 1. The molecule has 2 aromatic carbocycles. The molecule has 1 heterocycles. The van der Waals surface area contributed by atoms with E-state index in [0.29, 0.717) is 17.2 Å². The lowest BCUT2D eigenvalue weighted by atomic mass is 10.0. The van der Waals surface area contributed by atoms with Gasteiger partial charge < -0.3 is 14.6 Å². The van der Waals surface area contributed by atoms with Crippen molar-refractivity contribution < 1.29 is 19.4 Å². The van der Waals surface area contributed by atoms with Gasteiger partial charge in [-0.1, -0.05) is 56.0 Å². The van der Waals surface area contributed by atoms with Crippen LogP contribution in [0.5, 0.6) is 5.75 Å². The van der Waals surface area contributed by atoms with Gasteiger partial charge in [0.15, 0.2) is 5.76 Å². The first kappa shape index (κ1) is 18.8. The maximum atomic E-state index is 11.0. The summed E-state index contributed by atoms with van der Waals surface area (Å²) >= 11 is 1.62. The zero-order valence-electron chi connectivity index (χ0n) is 14.8. The number of aliphatic carboxylic acids is 1. The minimum Gasteiger partial charge on any atom is -0.508 e. The largest absolute Gasteiger partial charge is 0.508 e. The van der Waals surface area contributed by atoms with E-state index in [1.165, 1.54) is 0 Å². The first-order chi connectivity index (χ1) is 13.0. The second kappa shape index (κ2) is 8.14. The number of carbonyl (C=O) groups is 1. The summed E-state index contributed by atoms with van der Waals surface area (Å²) in [7, 11) is 0. The molecular formula is C21H19NO4S. The van der Waals surface area contributed by atoms with E-state index in [1.54, 1.807) is 54.4 Å². The van der Waals surface area contributed by atoms with Crippen molar-refractivity contribution in [1.82, 2.24) is 4.98 Å². The van der Waals surface area contributed by atoms with Gasteiger partial charge in [-0.15, -0.1) is 11.8 Å². The molecule has 0 saturated heterocycles. The summed E-state index contributed by atoms with van der Waals surface area (Å²) in [5.74, 6) is 1.08. The fourth-order valence-electron chi connectivity index (χ4n) is 2.67. The maximum Gasteiger partial charge on any atom is 0.335 e. The Hall–Kier alpha value is -2.99. The maximum absolute atomic E-state index is 11.0. The fraction of sp³-hybridized carbons (Fsp3) is 0.143. The fourth-order valence-corrected chi connectivity index (χ4v) is 3.64. The first-order valence-corrected chi connectivity index (χ1v) is 9.44. The van der Waals surface area contributed by atoms with E-state index in [9.17, 15) is 9.90 Å². The number of hydrogen-bond donors (Lipinski definition) is 2. The van der Waals surface area contributed by atoms with Crippen molar-refractivity contribution in [3.63, 3.8) is 0 Å². The quantitative estimate of drug-likeness (QED) is 0.561. The number of hydrogen-bond acceptors (Lipinski definition) is 5. The minimum atomic E-state index is -1.05. The number of oxazole rings is 1. The van der Waals surface area contributed by atoms with Gasteiger partial charge in [0, 0.05) is 11.1 Å². The van der Waals surface area contributed by atoms with Crippen molar-refractivity contribution in [3.8, 4) is 17.1 Å². The molecule has 0 amide bonds. The third-order valence-electron chi connectivity index (χ3n) is 4.08. The Morgan fingerprint density at radius 1 is 1.22 bits per heavy atom. The highest BCUT2D eigenvalue weighted by atomic mass is 32.2. The van der Waals surface area contributed by atoms with Crippen molar-refractivity contribution in [1.29, 1.82) is 0 Å². The van der Waals surface area contributed by atoms with E-state index >= 15 is 0 Å². The smallest absolute Gasteiger partial charge is 0.335 e. The molecule has 1 atom stereocenters. The molecule has 0 aliphatic rings. The van der Waals surface area contributed by atoms with Crippen LogP contribution >= 0.6 is 11.8 Å². The predicted octanol–water partition coefficient (Wildman–Crippen LogP) is 4.99. The Morgan fingerprint density at radius 2 is 1.93 bits per heavy atom. The van der Waals surface area contributed by atoms with Gasteiger partial charge in [0.25, 0.3) is 0 Å². The first-order valence-electron chi connectivity index (χ1n) is 8.39. The van der Waals surface area contributed by atoms with Gasteiger partial charge >= 0.3 is 5.97 Å². The molecule has 3 rings (SSSR count). The summed E-state index contributed by atoms with van der Waals surface area (Å²) in [6, 6.07) is 14.1. The van der Waals surface area contributed by atoms with Gasteiger partial charge in [-0.25, -0.2) is 9.78 Å². The van der Waals surface area contributed by atoms with Gasteiger partial charge in [-0.3, -0.25) is 0 Å². The van der Waals surface area contributed by atoms with Crippen molar-refractivity contribution in [3.05, 3.63) is 78.3 Å². The van der Waals surface area contributed by atoms with Crippen molar-refractivity contribution in [2.24, 2.45) is 0 Å². The van der Waals surface area contributed by atoms with Crippen LogP contribution in [0.1, 0.15) is 29.2 Å². The third kappa shape index (κ3) is 4.06. The molecule has 0 radical (unpaired) electrons. The van der Waals surface area contributed by atoms with E-state index in [-0.39, 0.29) is 16.6 Å². The molecule has 5 nitrogen and oxygen atoms in total. The van der Waals surface area contributed by atoms with Crippen LogP contribution in [0.2, 0.25) is 0 Å². The predicted molar refractivity (Wildman–Crippen MR) is 107 cm³/mol. The zero-order chi connectivity index (χ0) is 19.4. The van der Waals surface area contributed by atoms with Crippen LogP contribution in [0.3, 0.4) is 0 Å². The van der Waals surface area contributed by atoms with Gasteiger partial charge in [0.1, 0.15) is 11.0 Å². The van der Waals surface area contributed by atoms with E-state index in [0.717, 1.165) is 16.9 Å². The average molecular weight is 381 g/mol. The number of aromatic hydroxyl groups is 1. The number of para-hydroxylation sites is 1. The number of thioether (sulfide) groups is 1. The average Bonchev–Trinajstić information content (AvgIpc) is 3.16. The molecule has 3 aromatic rings. The van der Waals surface area contributed by atoms with Crippen LogP contribution in [-0.4, -0.2) is 26.9 Å². The Balaban J connectivity index is 1.90. The van der Waals surface area contributed by atoms with Gasteiger partial charge in [-0.2, -0.15) is 0 Å². The second-order valence-corrected chi connectivity index (χ2v) is 7.20. The second-order valence-electron chi connectivity index (χ2n) is 5.82. The Kier molecular flexibility index (Phi) is 5.66. The molecule has 0 saturated carbocycles. The number of rotatable bonds is 7. The lowest BCUT2D eigenvalue weighted by Gasteiger charge is -2.14. The number of carboxylic acids is 1. The van der Waals surface area contributed by atoms with E-state index in [2.05, 4.69) is 11.6 Å². The molecule has 0 bridgehead atoms. The molecule has 2 N–H and O–H groups in total. The lowest BCUT2D eigenvalue weighted by molar-refractivity contribution is -0.130. The van der Waals surface area contributed by atoms with Crippen LogP contribution in [-0.2, 0) is 4.79 Å². The summed E-state index contributed by atoms with van der Waals surface area (Å²) in [4.78, 5) is 15.4. The normalized spacial score (nSPS) is 11.9. The van der Waals surface area contributed by atoms with Crippen molar-refractivity contribution in [2.45, 2.75) is 12.2 Å². The van der Waals surface area contributed by atoms with Crippen LogP contribution < -0.4 is 0 Å². The molecular weight excluding hydrogens is 362 g/mol. The van der Waals surface area contributed by atoms with Crippen molar-refractivity contribution >= 4 is 23.3 Å². The van der Waals surface area contributed by atoms with Crippen LogP contribution in [0.4, 0.5) is 0 Å². The monoisotopic (exact) mass is 381 g/mol. The van der Waals surface area contributed by atoms with E-state index in [4.69, 9.17) is 9.52 Å². The van der Waals surface area contributed by atoms with Crippen LogP contribution in [0.25, 0.3) is 16.9 Å². The van der Waals surface area contributed by atoms with Crippen molar-refractivity contribution in [2.75, 3.05) is 5.75 Å². The third-order valence-corrected chi connectivity index (χ3v) is 5.20. The number of carboxylic acid groups (broad SMARTS) is 1. The highest BCUT2D eigenvalue weighted by molar-refractivity contribution is 7.99. The number of aromatic nitrogens is 1. The molecule has 1 aromatic heterocycles. The highest BCUT2D eigenvalue weighted by Crippen LogP contribution is 2.40. The Morgan fingerprint density at radius 3 is 2.56 bits per heavy atom. The topological polar surface area (TPSA) is 83.6 Å². The summed E-state index contributed by atoms with van der Waals surface area (Å²) in [5, 5.41) is 19.0. The SMILES string of the molecule is C=C(C(=O)O)c1ccc(-c2cnc(C(SCC)c3ccccc3O)o2)cc1. The minimum absolute atomic E-state index is 0.0405. The summed E-state index contributed by atoms with van der Waals surface area (Å²) < 4.78 is 5.96. The van der Waals surface area contributed by atoms with E-state index in [1.807, 2.05) is 19.1 Å². The molecule has 6 heteroatoms. The summed E-state index contributed by atoms with van der Waals surface area (Å²) in [5.41, 5.74) is 2.12. The van der Waals surface area contributed by atoms with E-state index < -0.39 is 5.97 Å². The Bertz CT molecular complexity index is 962. The molecule has 1 unspecified atom stereocenters. The molecule has 0 fully saturated rings. The number of benzene rings is 2. The zero-order valence-corrected chi connectivity index (χ0v) is 15.6. The summed E-state index contributed by atoms with van der Waals surface area (Å²) in [6.07, 6.45) is 1.64. The standard InChI is InChI=1S/C21H19NO4S/c1-3-27-19(16-6-4-5-7-17(16)23)20-22-12-18(26-20)15-10-8-14(9-11-15)13(2)21(24)25/h4-12,19,23H,2-3H2,1H3,(H,24,25). The van der Waals surface area contributed by atoms with Gasteiger partial charge in [0.05, 0.1) is 11.8 Å². The molecule has 0 spiro atoms. The molecule has 138 valence electrons. The molecule has 0 aliphatic carbocycles. The molecule has 27 heavy (non-hydrogen) atoms. The highest BCUT2D eigenvalue weighted by Gasteiger charge is 2.23. The number of phenolic OH excluding ortho intramolecular Hbond substituents is 1. The van der Waals surface area contributed by atoms with Crippen LogP contribution in [0, 0.1) is 0 Å². The number of phenols is 1.